The molecule has 4 N–H and O–H groups in total. The molecule has 1 aromatic rings. The van der Waals surface area contributed by atoms with Crippen LogP contribution in [0.2, 0.25) is 0 Å². The molecule has 7 nitrogen and oxygen atoms in total. The molecule has 0 saturated heterocycles. The average molecular weight is 412 g/mol. The smallest absolute Gasteiger partial charge is 0.240 e. The first-order valence-electron chi connectivity index (χ1n) is 7.99. The molecule has 1 unspecified atom stereocenters. The van der Waals surface area contributed by atoms with E-state index in [2.05, 4.69) is 9.44 Å². The summed E-state index contributed by atoms with van der Waals surface area (Å²) in [4.78, 5) is -0.131. The molecule has 144 valence electrons. The number of sulfonamides is 2. The molecular formula is C15H26ClN3O4S2. The van der Waals surface area contributed by atoms with Crippen LogP contribution in [0.25, 0.3) is 0 Å². The molecule has 0 amide bonds. The summed E-state index contributed by atoms with van der Waals surface area (Å²) < 4.78 is 54.6. The molecule has 0 bridgehead atoms. The van der Waals surface area contributed by atoms with Crippen LogP contribution in [0.4, 0.5) is 0 Å². The molecule has 2 rings (SSSR count). The molecule has 25 heavy (non-hydrogen) atoms. The Morgan fingerprint density at radius 3 is 2.16 bits per heavy atom. The minimum Gasteiger partial charge on any atom is -0.329 e. The van der Waals surface area contributed by atoms with Crippen LogP contribution < -0.4 is 15.2 Å². The molecule has 1 saturated carbocycles. The van der Waals surface area contributed by atoms with Crippen molar-refractivity contribution in [3.63, 3.8) is 0 Å². The fraction of sp³-hybridized carbons (Fsp3) is 0.600. The minimum atomic E-state index is -3.84. The van der Waals surface area contributed by atoms with Gasteiger partial charge >= 0.3 is 0 Å². The Bertz CT molecular complexity index is 778. The maximum absolute atomic E-state index is 12.5. The van der Waals surface area contributed by atoms with E-state index >= 15 is 0 Å². The standard InChI is InChI=1S/C15H25N3O4S2.ClH/c1-11(2)8-13(10-16)18-24(21,22)15-5-3-4-14(9-15)23(19,20)17-12-6-7-12;/h3-5,9,11-13,17-18H,6-8,10,16H2,1-2H3;1H. The van der Waals surface area contributed by atoms with Gasteiger partial charge in [-0.25, -0.2) is 26.3 Å². The quantitative estimate of drug-likeness (QED) is 0.564. The van der Waals surface area contributed by atoms with Gasteiger partial charge in [0, 0.05) is 18.6 Å². The molecule has 0 radical (unpaired) electrons. The second-order valence-corrected chi connectivity index (χ2v) is 9.98. The van der Waals surface area contributed by atoms with Crippen LogP contribution in [0.15, 0.2) is 34.1 Å². The molecule has 1 atom stereocenters. The molecule has 1 aliphatic rings. The number of rotatable bonds is 9. The van der Waals surface area contributed by atoms with Gasteiger partial charge in [-0.1, -0.05) is 19.9 Å². The van der Waals surface area contributed by atoms with Gasteiger partial charge in [0.25, 0.3) is 0 Å². The van der Waals surface area contributed by atoms with E-state index in [0.29, 0.717) is 6.42 Å². The number of halogens is 1. The van der Waals surface area contributed by atoms with Crippen LogP contribution in [-0.2, 0) is 20.0 Å². The van der Waals surface area contributed by atoms with Gasteiger partial charge in [-0.2, -0.15) is 0 Å². The summed E-state index contributed by atoms with van der Waals surface area (Å²) in [7, 11) is -7.53. The lowest BCUT2D eigenvalue weighted by atomic mass is 10.1. The van der Waals surface area contributed by atoms with E-state index in [1.807, 2.05) is 13.8 Å². The summed E-state index contributed by atoms with van der Waals surface area (Å²) in [5.74, 6) is 0.288. The molecular weight excluding hydrogens is 386 g/mol. The van der Waals surface area contributed by atoms with E-state index in [4.69, 9.17) is 5.73 Å². The predicted molar refractivity (Wildman–Crippen MR) is 99.7 cm³/mol. The first kappa shape index (κ1) is 22.3. The van der Waals surface area contributed by atoms with Crippen molar-refractivity contribution in [2.75, 3.05) is 6.54 Å². The van der Waals surface area contributed by atoms with Gasteiger partial charge in [0.1, 0.15) is 0 Å². The zero-order valence-electron chi connectivity index (χ0n) is 14.3. The second-order valence-electron chi connectivity index (χ2n) is 6.55. The van der Waals surface area contributed by atoms with Gasteiger partial charge in [-0.05, 0) is 43.4 Å². The minimum absolute atomic E-state index is 0. The molecule has 0 aromatic heterocycles. The van der Waals surface area contributed by atoms with Gasteiger partial charge < -0.3 is 5.73 Å². The van der Waals surface area contributed by atoms with Crippen molar-refractivity contribution in [1.82, 2.24) is 9.44 Å². The van der Waals surface area contributed by atoms with E-state index in [9.17, 15) is 16.8 Å². The highest BCUT2D eigenvalue weighted by Crippen LogP contribution is 2.23. The summed E-state index contributed by atoms with van der Waals surface area (Å²) in [6.07, 6.45) is 2.23. The van der Waals surface area contributed by atoms with Crippen molar-refractivity contribution >= 4 is 32.5 Å². The normalized spacial score (nSPS) is 16.5. The zero-order chi connectivity index (χ0) is 18.0. The molecule has 10 heteroatoms. The van der Waals surface area contributed by atoms with Gasteiger partial charge in [0.05, 0.1) is 9.79 Å². The maximum Gasteiger partial charge on any atom is 0.240 e. The number of nitrogens with two attached hydrogens (primary N) is 1. The van der Waals surface area contributed by atoms with Gasteiger partial charge in [-0.3, -0.25) is 0 Å². The number of hydrogen-bond acceptors (Lipinski definition) is 5. The highest BCUT2D eigenvalue weighted by Gasteiger charge is 2.29. The molecule has 0 heterocycles. The summed E-state index contributed by atoms with van der Waals surface area (Å²) in [5, 5.41) is 0. The van der Waals surface area contributed by atoms with Crippen LogP contribution in [-0.4, -0.2) is 35.5 Å². The average Bonchev–Trinajstić information content (AvgIpc) is 3.29. The SMILES string of the molecule is CC(C)CC(CN)NS(=O)(=O)c1cccc(S(=O)(=O)NC2CC2)c1.Cl. The van der Waals surface area contributed by atoms with E-state index in [0.717, 1.165) is 12.8 Å². The Hall–Kier alpha value is -0.710. The highest BCUT2D eigenvalue weighted by atomic mass is 35.5. The van der Waals surface area contributed by atoms with Gasteiger partial charge in [-0.15, -0.1) is 12.4 Å². The largest absolute Gasteiger partial charge is 0.329 e. The summed E-state index contributed by atoms with van der Waals surface area (Å²) in [6.45, 7) is 4.14. The first-order valence-corrected chi connectivity index (χ1v) is 11.0. The van der Waals surface area contributed by atoms with E-state index in [-0.39, 0.29) is 46.7 Å². The third-order valence-corrected chi connectivity index (χ3v) is 6.72. The lowest BCUT2D eigenvalue weighted by Crippen LogP contribution is -2.41. The third-order valence-electron chi connectivity index (χ3n) is 3.69. The van der Waals surface area contributed by atoms with Crippen molar-refractivity contribution in [2.24, 2.45) is 11.7 Å². The molecule has 0 spiro atoms. The van der Waals surface area contributed by atoms with Crippen molar-refractivity contribution < 1.29 is 16.8 Å². The van der Waals surface area contributed by atoms with Gasteiger partial charge in [0.15, 0.2) is 0 Å². The maximum atomic E-state index is 12.5. The first-order chi connectivity index (χ1) is 11.1. The molecule has 1 aromatic carbocycles. The van der Waals surface area contributed by atoms with Crippen LogP contribution in [0.1, 0.15) is 33.1 Å². The number of nitrogens with one attached hydrogen (secondary N) is 2. The van der Waals surface area contributed by atoms with Crippen LogP contribution >= 0.6 is 12.4 Å². The Balaban J connectivity index is 0.00000312. The molecule has 1 fully saturated rings. The third kappa shape index (κ3) is 6.50. The van der Waals surface area contributed by atoms with Crippen molar-refractivity contribution in [1.29, 1.82) is 0 Å². The van der Waals surface area contributed by atoms with E-state index < -0.39 is 20.0 Å². The second kappa shape index (κ2) is 8.79. The predicted octanol–water partition coefficient (Wildman–Crippen LogP) is 1.20. The van der Waals surface area contributed by atoms with Crippen molar-refractivity contribution in [3.05, 3.63) is 24.3 Å². The fourth-order valence-electron chi connectivity index (χ4n) is 2.35. The van der Waals surface area contributed by atoms with Crippen LogP contribution in [0.3, 0.4) is 0 Å². The monoisotopic (exact) mass is 411 g/mol. The van der Waals surface area contributed by atoms with E-state index in [1.54, 1.807) is 0 Å². The summed E-state index contributed by atoms with van der Waals surface area (Å²) in [6, 6.07) is 4.94. The topological polar surface area (TPSA) is 118 Å². The number of hydrogen-bond donors (Lipinski definition) is 3. The zero-order valence-corrected chi connectivity index (χ0v) is 16.8. The van der Waals surface area contributed by atoms with Gasteiger partial charge in [0.2, 0.25) is 20.0 Å². The van der Waals surface area contributed by atoms with Crippen molar-refractivity contribution in [3.8, 4) is 0 Å². The summed E-state index contributed by atoms with van der Waals surface area (Å²) >= 11 is 0. The Kier molecular flexibility index (Phi) is 7.85. The lowest BCUT2D eigenvalue weighted by Gasteiger charge is -2.19. The van der Waals surface area contributed by atoms with Crippen LogP contribution in [0, 0.1) is 5.92 Å². The molecule has 1 aliphatic carbocycles. The van der Waals surface area contributed by atoms with Crippen molar-refractivity contribution in [2.45, 2.75) is 55.0 Å². The number of benzene rings is 1. The Morgan fingerprint density at radius 2 is 1.68 bits per heavy atom. The lowest BCUT2D eigenvalue weighted by molar-refractivity contribution is 0.465. The highest BCUT2D eigenvalue weighted by molar-refractivity contribution is 7.90. The Morgan fingerprint density at radius 1 is 1.12 bits per heavy atom. The fourth-order valence-corrected chi connectivity index (χ4v) is 5.08. The summed E-state index contributed by atoms with van der Waals surface area (Å²) in [5.41, 5.74) is 5.63. The Labute approximate surface area is 156 Å². The van der Waals surface area contributed by atoms with E-state index in [1.165, 1.54) is 24.3 Å². The van der Waals surface area contributed by atoms with Crippen LogP contribution in [0.5, 0.6) is 0 Å². The molecule has 0 aliphatic heterocycles.